The highest BCUT2D eigenvalue weighted by atomic mass is 35.5. The van der Waals surface area contributed by atoms with Crippen LogP contribution in [-0.4, -0.2) is 30.1 Å². The molecule has 0 bridgehead atoms. The summed E-state index contributed by atoms with van der Waals surface area (Å²) in [6, 6.07) is 15.3. The topological polar surface area (TPSA) is 51.2 Å². The third-order valence-electron chi connectivity index (χ3n) is 4.98. The number of fused-ring (bicyclic) bond motifs is 1. The van der Waals surface area contributed by atoms with Gasteiger partial charge in [0, 0.05) is 29.1 Å². The van der Waals surface area contributed by atoms with Crippen molar-refractivity contribution in [1.82, 2.24) is 10.3 Å². The van der Waals surface area contributed by atoms with Crippen molar-refractivity contribution < 1.29 is 9.53 Å². The van der Waals surface area contributed by atoms with Gasteiger partial charge in [0.25, 0.3) is 5.91 Å². The maximum atomic E-state index is 13.1. The van der Waals surface area contributed by atoms with Gasteiger partial charge in [0.05, 0.1) is 22.9 Å². The van der Waals surface area contributed by atoms with Crippen molar-refractivity contribution in [1.29, 1.82) is 0 Å². The fourth-order valence-electron chi connectivity index (χ4n) is 3.62. The first kappa shape index (κ1) is 18.0. The summed E-state index contributed by atoms with van der Waals surface area (Å²) in [4.78, 5) is 17.9. The molecule has 1 aromatic heterocycles. The summed E-state index contributed by atoms with van der Waals surface area (Å²) < 4.78 is 5.62. The van der Waals surface area contributed by atoms with E-state index in [-0.39, 0.29) is 12.0 Å². The molecule has 0 aliphatic carbocycles. The molecule has 1 N–H and O–H groups in total. The molecule has 1 aliphatic heterocycles. The van der Waals surface area contributed by atoms with Gasteiger partial charge >= 0.3 is 0 Å². The highest BCUT2D eigenvalue weighted by molar-refractivity contribution is 6.30. The predicted molar refractivity (Wildman–Crippen MR) is 108 cm³/mol. The van der Waals surface area contributed by atoms with Crippen LogP contribution in [0.15, 0.2) is 48.5 Å². The van der Waals surface area contributed by atoms with Crippen molar-refractivity contribution in [2.45, 2.75) is 25.9 Å². The van der Waals surface area contributed by atoms with Crippen LogP contribution in [0.4, 0.5) is 0 Å². The highest BCUT2D eigenvalue weighted by Gasteiger charge is 2.21. The zero-order chi connectivity index (χ0) is 18.8. The first-order chi connectivity index (χ1) is 13.1. The Morgan fingerprint density at radius 1 is 1.26 bits per heavy atom. The van der Waals surface area contributed by atoms with Crippen LogP contribution < -0.4 is 5.32 Å². The molecule has 0 unspecified atom stereocenters. The number of para-hydroxylation sites is 1. The number of amides is 1. The van der Waals surface area contributed by atoms with Gasteiger partial charge in [-0.05, 0) is 43.5 Å². The number of aromatic nitrogens is 1. The van der Waals surface area contributed by atoms with Gasteiger partial charge in [-0.3, -0.25) is 4.79 Å². The number of halogens is 1. The van der Waals surface area contributed by atoms with Crippen molar-refractivity contribution >= 4 is 28.4 Å². The van der Waals surface area contributed by atoms with Crippen molar-refractivity contribution in [3.8, 4) is 11.3 Å². The third-order valence-corrected chi connectivity index (χ3v) is 5.21. The van der Waals surface area contributed by atoms with Crippen LogP contribution >= 0.6 is 11.6 Å². The minimum Gasteiger partial charge on any atom is -0.376 e. The van der Waals surface area contributed by atoms with E-state index in [1.165, 1.54) is 0 Å². The second kappa shape index (κ2) is 7.67. The SMILES string of the molecule is Cc1c(-c2cccc(Cl)c2)nc2ccccc2c1C(=O)NC[C@H]1CCCO1. The maximum absolute atomic E-state index is 13.1. The monoisotopic (exact) mass is 380 g/mol. The van der Waals surface area contributed by atoms with Crippen molar-refractivity contribution in [3.63, 3.8) is 0 Å². The highest BCUT2D eigenvalue weighted by Crippen LogP contribution is 2.30. The number of rotatable bonds is 4. The van der Waals surface area contributed by atoms with Gasteiger partial charge in [-0.25, -0.2) is 4.98 Å². The Bertz CT molecular complexity index is 997. The van der Waals surface area contributed by atoms with E-state index in [4.69, 9.17) is 21.3 Å². The molecule has 138 valence electrons. The number of ether oxygens (including phenoxy) is 1. The Hall–Kier alpha value is -2.43. The largest absolute Gasteiger partial charge is 0.376 e. The number of nitrogens with zero attached hydrogens (tertiary/aromatic N) is 1. The van der Waals surface area contributed by atoms with Gasteiger partial charge in [0.2, 0.25) is 0 Å². The number of carbonyl (C=O) groups is 1. The third kappa shape index (κ3) is 3.68. The van der Waals surface area contributed by atoms with Crippen LogP contribution in [0.2, 0.25) is 5.02 Å². The minimum atomic E-state index is -0.0927. The van der Waals surface area contributed by atoms with Crippen LogP contribution in [0, 0.1) is 6.92 Å². The van der Waals surface area contributed by atoms with E-state index in [1.807, 2.05) is 55.5 Å². The average Bonchev–Trinajstić information content (AvgIpc) is 3.19. The first-order valence-corrected chi connectivity index (χ1v) is 9.56. The van der Waals surface area contributed by atoms with Gasteiger partial charge in [-0.1, -0.05) is 41.9 Å². The molecule has 0 spiro atoms. The lowest BCUT2D eigenvalue weighted by Gasteiger charge is -2.16. The van der Waals surface area contributed by atoms with Crippen LogP contribution in [-0.2, 0) is 4.74 Å². The molecular formula is C22H21ClN2O2. The minimum absolute atomic E-state index is 0.0927. The number of hydrogen-bond donors (Lipinski definition) is 1. The second-order valence-corrected chi connectivity index (χ2v) is 7.27. The molecule has 27 heavy (non-hydrogen) atoms. The van der Waals surface area contributed by atoms with E-state index in [1.54, 1.807) is 0 Å². The summed E-state index contributed by atoms with van der Waals surface area (Å²) in [5.74, 6) is -0.0927. The normalized spacial score (nSPS) is 16.6. The van der Waals surface area contributed by atoms with E-state index in [9.17, 15) is 4.79 Å². The Morgan fingerprint density at radius 2 is 2.11 bits per heavy atom. The Morgan fingerprint density at radius 3 is 2.89 bits per heavy atom. The van der Waals surface area contributed by atoms with Crippen molar-refractivity contribution in [2.24, 2.45) is 0 Å². The van der Waals surface area contributed by atoms with Crippen LogP contribution in [0.3, 0.4) is 0 Å². The van der Waals surface area contributed by atoms with Gasteiger partial charge in [0.1, 0.15) is 0 Å². The number of hydrogen-bond acceptors (Lipinski definition) is 3. The standard InChI is InChI=1S/C22H21ClN2O2/c1-14-20(22(26)24-13-17-8-5-11-27-17)18-9-2-3-10-19(18)25-21(14)15-6-4-7-16(23)12-15/h2-4,6-7,9-10,12,17H,5,8,11,13H2,1H3,(H,24,26)/t17-/m1/s1. The van der Waals surface area contributed by atoms with Crippen molar-refractivity contribution in [2.75, 3.05) is 13.2 Å². The summed E-state index contributed by atoms with van der Waals surface area (Å²) in [7, 11) is 0. The lowest BCUT2D eigenvalue weighted by atomic mass is 9.97. The zero-order valence-electron chi connectivity index (χ0n) is 15.2. The van der Waals surface area contributed by atoms with Crippen LogP contribution in [0.1, 0.15) is 28.8 Å². The van der Waals surface area contributed by atoms with E-state index < -0.39 is 0 Å². The van der Waals surface area contributed by atoms with E-state index in [0.717, 1.165) is 47.2 Å². The number of benzene rings is 2. The smallest absolute Gasteiger partial charge is 0.252 e. The molecule has 4 nitrogen and oxygen atoms in total. The fourth-order valence-corrected chi connectivity index (χ4v) is 3.81. The molecule has 2 aromatic carbocycles. The molecule has 1 aliphatic rings. The number of carbonyl (C=O) groups excluding carboxylic acids is 1. The second-order valence-electron chi connectivity index (χ2n) is 6.83. The molecule has 1 fully saturated rings. The number of nitrogens with one attached hydrogen (secondary N) is 1. The predicted octanol–water partition coefficient (Wildman–Crippen LogP) is 4.77. The van der Waals surface area contributed by atoms with Gasteiger partial charge < -0.3 is 10.1 Å². The van der Waals surface area contributed by atoms with Gasteiger partial charge in [0.15, 0.2) is 0 Å². The molecular weight excluding hydrogens is 360 g/mol. The maximum Gasteiger partial charge on any atom is 0.252 e. The molecule has 0 radical (unpaired) electrons. The summed E-state index contributed by atoms with van der Waals surface area (Å²) in [5.41, 5.74) is 3.98. The Labute approximate surface area is 163 Å². The van der Waals surface area contributed by atoms with Crippen LogP contribution in [0.5, 0.6) is 0 Å². The van der Waals surface area contributed by atoms with E-state index >= 15 is 0 Å². The molecule has 0 saturated carbocycles. The van der Waals surface area contributed by atoms with E-state index in [0.29, 0.717) is 17.1 Å². The summed E-state index contributed by atoms with van der Waals surface area (Å²) in [5, 5.41) is 4.54. The molecule has 1 atom stereocenters. The molecule has 1 amide bonds. The average molecular weight is 381 g/mol. The zero-order valence-corrected chi connectivity index (χ0v) is 15.9. The fraction of sp³-hybridized carbons (Fsp3) is 0.273. The van der Waals surface area contributed by atoms with Gasteiger partial charge in [-0.15, -0.1) is 0 Å². The summed E-state index contributed by atoms with van der Waals surface area (Å²) in [6.45, 7) is 3.24. The molecule has 1 saturated heterocycles. The van der Waals surface area contributed by atoms with Gasteiger partial charge in [-0.2, -0.15) is 0 Å². The summed E-state index contributed by atoms with van der Waals surface area (Å²) in [6.07, 6.45) is 2.15. The Kier molecular flexibility index (Phi) is 5.10. The summed E-state index contributed by atoms with van der Waals surface area (Å²) >= 11 is 6.17. The first-order valence-electron chi connectivity index (χ1n) is 9.18. The molecule has 3 aromatic rings. The molecule has 5 heteroatoms. The number of pyridine rings is 1. The quantitative estimate of drug-likeness (QED) is 0.709. The van der Waals surface area contributed by atoms with Crippen molar-refractivity contribution in [3.05, 3.63) is 64.7 Å². The molecule has 4 rings (SSSR count). The lowest BCUT2D eigenvalue weighted by Crippen LogP contribution is -2.32. The Balaban J connectivity index is 1.77. The lowest BCUT2D eigenvalue weighted by molar-refractivity contribution is 0.0858. The molecule has 2 heterocycles. The van der Waals surface area contributed by atoms with E-state index in [2.05, 4.69) is 5.32 Å². The van der Waals surface area contributed by atoms with Crippen LogP contribution in [0.25, 0.3) is 22.2 Å².